The van der Waals surface area contributed by atoms with Gasteiger partial charge < -0.3 is 4.90 Å². The number of benzene rings is 1. The van der Waals surface area contributed by atoms with Crippen molar-refractivity contribution in [1.82, 2.24) is 4.90 Å². The molecule has 0 spiro atoms. The van der Waals surface area contributed by atoms with E-state index < -0.39 is 0 Å². The molecule has 1 heterocycles. The van der Waals surface area contributed by atoms with Crippen LogP contribution in [0.2, 0.25) is 0 Å². The van der Waals surface area contributed by atoms with Crippen LogP contribution in [0.25, 0.3) is 0 Å². The Kier molecular flexibility index (Phi) is 2.76. The van der Waals surface area contributed by atoms with E-state index in [-0.39, 0.29) is 5.91 Å². The van der Waals surface area contributed by atoms with Crippen LogP contribution in [0.4, 0.5) is 0 Å². The number of rotatable bonds is 1. The van der Waals surface area contributed by atoms with Crippen LogP contribution < -0.4 is 0 Å². The van der Waals surface area contributed by atoms with Crippen molar-refractivity contribution in [1.29, 1.82) is 0 Å². The Balaban J connectivity index is 2.15. The van der Waals surface area contributed by atoms with E-state index >= 15 is 0 Å². The largest absolute Gasteiger partial charge is 0.342 e. The standard InChI is InChI=1S/C13H17NO/c1-10-8-14(11(2)15)9-13(10)12-6-4-3-5-7-12/h3-7,10,13H,8-9H2,1-2H3/t10-,13-/m0/s1. The van der Waals surface area contributed by atoms with E-state index in [1.165, 1.54) is 5.56 Å². The van der Waals surface area contributed by atoms with E-state index in [0.29, 0.717) is 11.8 Å². The Morgan fingerprint density at radius 2 is 1.93 bits per heavy atom. The Morgan fingerprint density at radius 3 is 2.47 bits per heavy atom. The molecule has 1 aliphatic heterocycles. The third kappa shape index (κ3) is 2.04. The monoisotopic (exact) mass is 203 g/mol. The second kappa shape index (κ2) is 4.05. The smallest absolute Gasteiger partial charge is 0.219 e. The molecule has 2 heteroatoms. The van der Waals surface area contributed by atoms with E-state index in [1.807, 2.05) is 11.0 Å². The van der Waals surface area contributed by atoms with Gasteiger partial charge in [-0.15, -0.1) is 0 Å². The minimum atomic E-state index is 0.195. The van der Waals surface area contributed by atoms with Gasteiger partial charge in [-0.2, -0.15) is 0 Å². The lowest BCUT2D eigenvalue weighted by molar-refractivity contribution is -0.127. The van der Waals surface area contributed by atoms with Gasteiger partial charge in [-0.3, -0.25) is 4.79 Å². The molecule has 1 aromatic rings. The minimum absolute atomic E-state index is 0.195. The first-order chi connectivity index (χ1) is 7.18. The molecule has 1 saturated heterocycles. The lowest BCUT2D eigenvalue weighted by atomic mass is 9.90. The predicted molar refractivity (Wildman–Crippen MR) is 60.6 cm³/mol. The Labute approximate surface area is 90.9 Å². The van der Waals surface area contributed by atoms with Gasteiger partial charge in [-0.25, -0.2) is 0 Å². The van der Waals surface area contributed by atoms with E-state index in [4.69, 9.17) is 0 Å². The third-order valence-electron chi connectivity index (χ3n) is 3.29. The summed E-state index contributed by atoms with van der Waals surface area (Å²) in [4.78, 5) is 13.2. The van der Waals surface area contributed by atoms with Gasteiger partial charge in [0.1, 0.15) is 0 Å². The minimum Gasteiger partial charge on any atom is -0.342 e. The average molecular weight is 203 g/mol. The van der Waals surface area contributed by atoms with Gasteiger partial charge in [0.25, 0.3) is 0 Å². The van der Waals surface area contributed by atoms with Crippen LogP contribution in [-0.4, -0.2) is 23.9 Å². The second-order valence-corrected chi connectivity index (χ2v) is 4.42. The molecule has 1 fully saturated rings. The molecule has 2 nitrogen and oxygen atoms in total. The molecule has 0 radical (unpaired) electrons. The first-order valence-corrected chi connectivity index (χ1v) is 5.49. The first-order valence-electron chi connectivity index (χ1n) is 5.49. The van der Waals surface area contributed by atoms with Crippen LogP contribution >= 0.6 is 0 Å². The highest BCUT2D eigenvalue weighted by Crippen LogP contribution is 2.31. The summed E-state index contributed by atoms with van der Waals surface area (Å²) in [7, 11) is 0. The van der Waals surface area contributed by atoms with Crippen molar-refractivity contribution < 1.29 is 4.79 Å². The summed E-state index contributed by atoms with van der Waals surface area (Å²) >= 11 is 0. The number of carbonyl (C=O) groups excluding carboxylic acids is 1. The van der Waals surface area contributed by atoms with Gasteiger partial charge in [0, 0.05) is 25.9 Å². The molecule has 80 valence electrons. The zero-order chi connectivity index (χ0) is 10.8. The summed E-state index contributed by atoms with van der Waals surface area (Å²) in [6, 6.07) is 10.5. The highest BCUT2D eigenvalue weighted by molar-refractivity contribution is 5.73. The van der Waals surface area contributed by atoms with Crippen molar-refractivity contribution >= 4 is 5.91 Å². The van der Waals surface area contributed by atoms with Gasteiger partial charge in [-0.1, -0.05) is 37.3 Å². The van der Waals surface area contributed by atoms with Crippen LogP contribution in [0.3, 0.4) is 0 Å². The Morgan fingerprint density at radius 1 is 1.27 bits per heavy atom. The summed E-state index contributed by atoms with van der Waals surface area (Å²) in [5.74, 6) is 1.27. The van der Waals surface area contributed by atoms with E-state index in [9.17, 15) is 4.79 Å². The average Bonchev–Trinajstić information content (AvgIpc) is 2.62. The SMILES string of the molecule is CC(=O)N1C[C@H](c2ccccc2)[C@@H](C)C1. The zero-order valence-electron chi connectivity index (χ0n) is 9.31. The molecule has 0 N–H and O–H groups in total. The van der Waals surface area contributed by atoms with E-state index in [0.717, 1.165) is 13.1 Å². The molecule has 1 aliphatic rings. The first kappa shape index (κ1) is 10.2. The number of carbonyl (C=O) groups is 1. The third-order valence-corrected chi connectivity index (χ3v) is 3.29. The molecule has 0 saturated carbocycles. The van der Waals surface area contributed by atoms with E-state index in [1.54, 1.807) is 6.92 Å². The number of hydrogen-bond acceptors (Lipinski definition) is 1. The lowest BCUT2D eigenvalue weighted by Gasteiger charge is -2.14. The fourth-order valence-electron chi connectivity index (χ4n) is 2.36. The van der Waals surface area contributed by atoms with Crippen molar-refractivity contribution in [2.45, 2.75) is 19.8 Å². The fraction of sp³-hybridized carbons (Fsp3) is 0.462. The molecular weight excluding hydrogens is 186 g/mol. The van der Waals surface area contributed by atoms with Crippen molar-refractivity contribution in [3.05, 3.63) is 35.9 Å². The van der Waals surface area contributed by atoms with Gasteiger partial charge in [0.2, 0.25) is 5.91 Å². The van der Waals surface area contributed by atoms with Crippen molar-refractivity contribution in [3.63, 3.8) is 0 Å². The molecule has 0 aliphatic carbocycles. The molecule has 0 bridgehead atoms. The fourth-order valence-corrected chi connectivity index (χ4v) is 2.36. The number of nitrogens with zero attached hydrogens (tertiary/aromatic N) is 1. The quantitative estimate of drug-likeness (QED) is 0.685. The van der Waals surface area contributed by atoms with Crippen molar-refractivity contribution in [2.24, 2.45) is 5.92 Å². The predicted octanol–water partition coefficient (Wildman–Crippen LogP) is 2.27. The molecule has 0 unspecified atom stereocenters. The molecule has 1 amide bonds. The highest BCUT2D eigenvalue weighted by Gasteiger charge is 2.31. The van der Waals surface area contributed by atoms with Gasteiger partial charge in [0.05, 0.1) is 0 Å². The molecule has 1 aromatic carbocycles. The van der Waals surface area contributed by atoms with Gasteiger partial charge in [-0.05, 0) is 11.5 Å². The van der Waals surface area contributed by atoms with Gasteiger partial charge in [0.15, 0.2) is 0 Å². The molecule has 15 heavy (non-hydrogen) atoms. The molecule has 0 aromatic heterocycles. The summed E-state index contributed by atoms with van der Waals surface area (Å²) in [5, 5.41) is 0. The Bertz CT molecular complexity index is 347. The molecular formula is C13H17NO. The van der Waals surface area contributed by atoms with Crippen LogP contribution in [0.1, 0.15) is 25.3 Å². The molecule has 2 rings (SSSR count). The zero-order valence-corrected chi connectivity index (χ0v) is 9.31. The summed E-state index contributed by atoms with van der Waals surface area (Å²) in [6.45, 7) is 5.65. The second-order valence-electron chi connectivity index (χ2n) is 4.42. The normalized spacial score (nSPS) is 25.6. The number of amides is 1. The van der Waals surface area contributed by atoms with Crippen LogP contribution in [-0.2, 0) is 4.79 Å². The number of hydrogen-bond donors (Lipinski definition) is 0. The van der Waals surface area contributed by atoms with Crippen molar-refractivity contribution in [2.75, 3.05) is 13.1 Å². The highest BCUT2D eigenvalue weighted by atomic mass is 16.2. The van der Waals surface area contributed by atoms with E-state index in [2.05, 4.69) is 31.2 Å². The topological polar surface area (TPSA) is 20.3 Å². The van der Waals surface area contributed by atoms with Crippen molar-refractivity contribution in [3.8, 4) is 0 Å². The maximum Gasteiger partial charge on any atom is 0.219 e. The number of likely N-dealkylation sites (tertiary alicyclic amines) is 1. The molecule has 2 atom stereocenters. The van der Waals surface area contributed by atoms with Gasteiger partial charge >= 0.3 is 0 Å². The lowest BCUT2D eigenvalue weighted by Crippen LogP contribution is -2.25. The maximum absolute atomic E-state index is 11.3. The summed E-state index contributed by atoms with van der Waals surface area (Å²) < 4.78 is 0. The van der Waals surface area contributed by atoms with Crippen LogP contribution in [0.5, 0.6) is 0 Å². The Hall–Kier alpha value is -1.31. The summed E-state index contributed by atoms with van der Waals surface area (Å²) in [5.41, 5.74) is 1.36. The van der Waals surface area contributed by atoms with Crippen LogP contribution in [0, 0.1) is 5.92 Å². The van der Waals surface area contributed by atoms with Crippen LogP contribution in [0.15, 0.2) is 30.3 Å². The maximum atomic E-state index is 11.3. The summed E-state index contributed by atoms with van der Waals surface area (Å²) in [6.07, 6.45) is 0.